The Hall–Kier alpha value is -1.25. The molecule has 0 amide bonds. The maximum atomic E-state index is 13.3. The van der Waals surface area contributed by atoms with Gasteiger partial charge in [-0.2, -0.15) is 0 Å². The van der Waals surface area contributed by atoms with Crippen LogP contribution in [0.1, 0.15) is 26.7 Å². The first-order valence-electron chi connectivity index (χ1n) is 6.35. The molecule has 0 saturated heterocycles. The van der Waals surface area contributed by atoms with Gasteiger partial charge in [-0.3, -0.25) is 0 Å². The molecule has 1 saturated carbocycles. The van der Waals surface area contributed by atoms with Gasteiger partial charge < -0.3 is 10.2 Å². The fraction of sp³-hybridized carbons (Fsp3) is 0.571. The van der Waals surface area contributed by atoms with Gasteiger partial charge in [-0.05, 0) is 36.5 Å². The summed E-state index contributed by atoms with van der Waals surface area (Å²) in [6.07, 6.45) is 2.54. The zero-order valence-electron chi connectivity index (χ0n) is 10.5. The molecule has 0 unspecified atom stereocenters. The van der Waals surface area contributed by atoms with E-state index in [1.54, 1.807) is 12.1 Å². The summed E-state index contributed by atoms with van der Waals surface area (Å²) in [6, 6.07) is 5.76. The van der Waals surface area contributed by atoms with Crippen LogP contribution >= 0.6 is 0 Å². The summed E-state index contributed by atoms with van der Waals surface area (Å²) in [6.45, 7) is 6.46. The molecule has 1 aromatic rings. The number of hydrogen-bond acceptors (Lipinski definition) is 2. The first kappa shape index (κ1) is 10.9. The van der Waals surface area contributed by atoms with Crippen molar-refractivity contribution < 1.29 is 4.39 Å². The second kappa shape index (κ2) is 3.62. The standard InChI is InChI=1S/C14H19FN2/c1-14(2)8-16-12-7-10(15)3-6-13(12)17(9-14)11-4-5-11/h3,6-7,11,16H,4-5,8-9H2,1-2H3. The highest BCUT2D eigenvalue weighted by atomic mass is 19.1. The van der Waals surface area contributed by atoms with Gasteiger partial charge in [-0.15, -0.1) is 0 Å². The summed E-state index contributed by atoms with van der Waals surface area (Å²) in [4.78, 5) is 2.45. The first-order chi connectivity index (χ1) is 8.05. The maximum Gasteiger partial charge on any atom is 0.125 e. The van der Waals surface area contributed by atoms with E-state index in [0.717, 1.165) is 18.8 Å². The van der Waals surface area contributed by atoms with Crippen molar-refractivity contribution in [1.82, 2.24) is 0 Å². The number of benzene rings is 1. The molecule has 17 heavy (non-hydrogen) atoms. The average molecular weight is 234 g/mol. The summed E-state index contributed by atoms with van der Waals surface area (Å²) in [7, 11) is 0. The fourth-order valence-corrected chi connectivity index (χ4v) is 2.55. The van der Waals surface area contributed by atoms with Crippen LogP contribution in [0.15, 0.2) is 18.2 Å². The lowest BCUT2D eigenvalue weighted by molar-refractivity contribution is 0.394. The third-order valence-electron chi connectivity index (χ3n) is 3.61. The molecule has 2 aliphatic rings. The van der Waals surface area contributed by atoms with Crippen molar-refractivity contribution in [1.29, 1.82) is 0 Å². The Morgan fingerprint density at radius 1 is 1.35 bits per heavy atom. The minimum absolute atomic E-state index is 0.160. The van der Waals surface area contributed by atoms with Crippen molar-refractivity contribution in [3.05, 3.63) is 24.0 Å². The normalized spacial score (nSPS) is 22.6. The van der Waals surface area contributed by atoms with Crippen LogP contribution in [0.2, 0.25) is 0 Å². The third-order valence-corrected chi connectivity index (χ3v) is 3.61. The van der Waals surface area contributed by atoms with E-state index in [9.17, 15) is 4.39 Å². The van der Waals surface area contributed by atoms with Crippen molar-refractivity contribution in [3.8, 4) is 0 Å². The number of anilines is 2. The Morgan fingerprint density at radius 2 is 2.12 bits per heavy atom. The lowest BCUT2D eigenvalue weighted by atomic mass is 9.93. The average Bonchev–Trinajstić information content (AvgIpc) is 3.07. The Labute approximate surface area is 102 Å². The Bertz CT molecular complexity index is 438. The van der Waals surface area contributed by atoms with E-state index in [1.807, 2.05) is 6.07 Å². The molecule has 1 fully saturated rings. The van der Waals surface area contributed by atoms with Crippen molar-refractivity contribution in [3.63, 3.8) is 0 Å². The predicted molar refractivity (Wildman–Crippen MR) is 69.0 cm³/mol. The molecule has 2 nitrogen and oxygen atoms in total. The monoisotopic (exact) mass is 234 g/mol. The largest absolute Gasteiger partial charge is 0.383 e. The summed E-state index contributed by atoms with van der Waals surface area (Å²) in [5.41, 5.74) is 2.33. The second-order valence-corrected chi connectivity index (χ2v) is 6.04. The van der Waals surface area contributed by atoms with E-state index >= 15 is 0 Å². The fourth-order valence-electron chi connectivity index (χ4n) is 2.55. The van der Waals surface area contributed by atoms with Crippen molar-refractivity contribution >= 4 is 11.4 Å². The van der Waals surface area contributed by atoms with Gasteiger partial charge in [0.2, 0.25) is 0 Å². The van der Waals surface area contributed by atoms with Crippen molar-refractivity contribution in [2.75, 3.05) is 23.3 Å². The third kappa shape index (κ3) is 2.11. The van der Waals surface area contributed by atoms with Crippen LogP contribution < -0.4 is 10.2 Å². The molecule has 0 bridgehead atoms. The highest BCUT2D eigenvalue weighted by molar-refractivity contribution is 5.72. The molecule has 0 atom stereocenters. The van der Waals surface area contributed by atoms with Crippen LogP contribution in [0.25, 0.3) is 0 Å². The number of nitrogens with one attached hydrogen (secondary N) is 1. The SMILES string of the molecule is CC1(C)CNc2cc(F)ccc2N(C2CC2)C1. The minimum Gasteiger partial charge on any atom is -0.383 e. The zero-order valence-corrected chi connectivity index (χ0v) is 10.5. The maximum absolute atomic E-state index is 13.3. The van der Waals surface area contributed by atoms with Gasteiger partial charge >= 0.3 is 0 Å². The van der Waals surface area contributed by atoms with Crippen molar-refractivity contribution in [2.24, 2.45) is 5.41 Å². The molecule has 0 aromatic heterocycles. The van der Waals surface area contributed by atoms with Crippen LogP contribution in [0.5, 0.6) is 0 Å². The molecule has 1 aliphatic heterocycles. The molecule has 3 heteroatoms. The molecule has 0 spiro atoms. The van der Waals surface area contributed by atoms with Gasteiger partial charge in [0, 0.05) is 19.1 Å². The van der Waals surface area contributed by atoms with E-state index in [-0.39, 0.29) is 11.2 Å². The lowest BCUT2D eigenvalue weighted by Crippen LogP contribution is -2.37. The summed E-state index contributed by atoms with van der Waals surface area (Å²) in [5.74, 6) is -0.160. The van der Waals surface area contributed by atoms with E-state index in [4.69, 9.17) is 0 Å². The molecular formula is C14H19FN2. The van der Waals surface area contributed by atoms with E-state index in [1.165, 1.54) is 18.5 Å². The zero-order chi connectivity index (χ0) is 12.0. The van der Waals surface area contributed by atoms with Crippen LogP contribution in [0, 0.1) is 11.2 Å². The molecule has 92 valence electrons. The summed E-state index contributed by atoms with van der Waals surface area (Å²) in [5, 5.41) is 3.39. The smallest absolute Gasteiger partial charge is 0.125 e. The Balaban J connectivity index is 2.01. The number of halogens is 1. The first-order valence-corrected chi connectivity index (χ1v) is 6.35. The quantitative estimate of drug-likeness (QED) is 0.802. The molecule has 1 aromatic carbocycles. The van der Waals surface area contributed by atoms with E-state index in [2.05, 4.69) is 24.1 Å². The highest BCUT2D eigenvalue weighted by Gasteiger charge is 2.36. The molecule has 1 aliphatic carbocycles. The van der Waals surface area contributed by atoms with Gasteiger partial charge in [0.25, 0.3) is 0 Å². The van der Waals surface area contributed by atoms with Gasteiger partial charge in [0.05, 0.1) is 11.4 Å². The molecule has 3 rings (SSSR count). The van der Waals surface area contributed by atoms with E-state index < -0.39 is 0 Å². The van der Waals surface area contributed by atoms with Gasteiger partial charge in [-0.25, -0.2) is 4.39 Å². The van der Waals surface area contributed by atoms with Crippen LogP contribution in [-0.2, 0) is 0 Å². The van der Waals surface area contributed by atoms with Crippen LogP contribution in [0.3, 0.4) is 0 Å². The van der Waals surface area contributed by atoms with Crippen molar-refractivity contribution in [2.45, 2.75) is 32.7 Å². The number of nitrogens with zero attached hydrogens (tertiary/aromatic N) is 1. The number of rotatable bonds is 1. The number of hydrogen-bond donors (Lipinski definition) is 1. The van der Waals surface area contributed by atoms with Gasteiger partial charge in [0.15, 0.2) is 0 Å². The summed E-state index contributed by atoms with van der Waals surface area (Å²) < 4.78 is 13.3. The van der Waals surface area contributed by atoms with Gasteiger partial charge in [0.1, 0.15) is 5.82 Å². The topological polar surface area (TPSA) is 15.3 Å². The summed E-state index contributed by atoms with van der Waals surface area (Å²) >= 11 is 0. The highest BCUT2D eigenvalue weighted by Crippen LogP contribution is 2.40. The molecule has 1 N–H and O–H groups in total. The number of fused-ring (bicyclic) bond motifs is 1. The molecule has 1 heterocycles. The van der Waals surface area contributed by atoms with Crippen LogP contribution in [-0.4, -0.2) is 19.1 Å². The second-order valence-electron chi connectivity index (χ2n) is 6.04. The van der Waals surface area contributed by atoms with Crippen LogP contribution in [0.4, 0.5) is 15.8 Å². The Morgan fingerprint density at radius 3 is 2.82 bits per heavy atom. The van der Waals surface area contributed by atoms with E-state index in [0.29, 0.717) is 6.04 Å². The minimum atomic E-state index is -0.160. The molecule has 0 radical (unpaired) electrons. The Kier molecular flexibility index (Phi) is 2.32. The predicted octanol–water partition coefficient (Wildman–Crippen LogP) is 3.25. The van der Waals surface area contributed by atoms with Gasteiger partial charge in [-0.1, -0.05) is 13.8 Å². The lowest BCUT2D eigenvalue weighted by Gasteiger charge is -2.31. The molecular weight excluding hydrogens is 215 g/mol.